The van der Waals surface area contributed by atoms with Crippen LogP contribution in [-0.4, -0.2) is 12.7 Å². The lowest BCUT2D eigenvalue weighted by Gasteiger charge is -2.10. The smallest absolute Gasteiger partial charge is 0.411 e. The Hall–Kier alpha value is -1.51. The largest absolute Gasteiger partial charge is 0.449 e. The summed E-state index contributed by atoms with van der Waals surface area (Å²) in [6.07, 6.45) is -0.391. The third-order valence-corrected chi connectivity index (χ3v) is 1.93. The van der Waals surface area contributed by atoms with Crippen molar-refractivity contribution in [2.24, 2.45) is 5.92 Å². The number of nitrogens with one attached hydrogen (secondary N) is 1. The maximum atomic E-state index is 11.3. The van der Waals surface area contributed by atoms with Gasteiger partial charge >= 0.3 is 6.09 Å². The van der Waals surface area contributed by atoms with Crippen LogP contribution >= 0.6 is 0 Å². The van der Waals surface area contributed by atoms with E-state index >= 15 is 0 Å². The van der Waals surface area contributed by atoms with Gasteiger partial charge in [-0.3, -0.25) is 5.32 Å². The van der Waals surface area contributed by atoms with Gasteiger partial charge in [-0.1, -0.05) is 32.0 Å². The molecule has 0 saturated heterocycles. The second kappa shape index (κ2) is 5.39. The van der Waals surface area contributed by atoms with Crippen LogP contribution in [0, 0.1) is 12.8 Å². The van der Waals surface area contributed by atoms with Crippen LogP contribution in [0.4, 0.5) is 10.5 Å². The van der Waals surface area contributed by atoms with Gasteiger partial charge in [0.1, 0.15) is 0 Å². The van der Waals surface area contributed by atoms with Crippen LogP contribution in [-0.2, 0) is 4.74 Å². The minimum absolute atomic E-state index is 0.354. The standard InChI is InChI=1S/C12H17NO2/c1-9(2)8-15-12(14)13-11-7-5-4-6-10(11)3/h4-7,9H,8H2,1-3H3,(H,13,14). The molecule has 0 radical (unpaired) electrons. The lowest BCUT2D eigenvalue weighted by molar-refractivity contribution is 0.147. The zero-order chi connectivity index (χ0) is 11.3. The van der Waals surface area contributed by atoms with Crippen LogP contribution in [0.2, 0.25) is 0 Å². The molecule has 0 aliphatic rings. The zero-order valence-electron chi connectivity index (χ0n) is 9.41. The van der Waals surface area contributed by atoms with Crippen molar-refractivity contribution in [3.8, 4) is 0 Å². The summed E-state index contributed by atoms with van der Waals surface area (Å²) in [5, 5.41) is 2.70. The summed E-state index contributed by atoms with van der Waals surface area (Å²) >= 11 is 0. The maximum absolute atomic E-state index is 11.3. The van der Waals surface area contributed by atoms with Crippen LogP contribution in [0.3, 0.4) is 0 Å². The van der Waals surface area contributed by atoms with E-state index in [0.717, 1.165) is 11.3 Å². The van der Waals surface area contributed by atoms with Crippen LogP contribution in [0.5, 0.6) is 0 Å². The first kappa shape index (κ1) is 11.6. The first-order valence-electron chi connectivity index (χ1n) is 5.09. The number of carbonyl (C=O) groups is 1. The van der Waals surface area contributed by atoms with Crippen LogP contribution in [0.1, 0.15) is 19.4 Å². The predicted molar refractivity (Wildman–Crippen MR) is 61.0 cm³/mol. The molecular weight excluding hydrogens is 190 g/mol. The molecule has 82 valence electrons. The van der Waals surface area contributed by atoms with Crippen molar-refractivity contribution in [1.82, 2.24) is 0 Å². The minimum atomic E-state index is -0.391. The van der Waals surface area contributed by atoms with Crippen LogP contribution in [0.25, 0.3) is 0 Å². The fourth-order valence-electron chi connectivity index (χ4n) is 1.10. The Labute approximate surface area is 90.4 Å². The summed E-state index contributed by atoms with van der Waals surface area (Å²) in [4.78, 5) is 11.3. The average Bonchev–Trinajstić information content (AvgIpc) is 2.18. The molecule has 0 atom stereocenters. The number of carbonyl (C=O) groups excluding carboxylic acids is 1. The monoisotopic (exact) mass is 207 g/mol. The summed E-state index contributed by atoms with van der Waals surface area (Å²) in [5.74, 6) is 0.354. The molecule has 0 unspecified atom stereocenters. The minimum Gasteiger partial charge on any atom is -0.449 e. The summed E-state index contributed by atoms with van der Waals surface area (Å²) in [6, 6.07) is 7.61. The molecule has 1 aromatic carbocycles. The molecular formula is C12H17NO2. The Balaban J connectivity index is 2.48. The fraction of sp³-hybridized carbons (Fsp3) is 0.417. The van der Waals surface area contributed by atoms with Gasteiger partial charge in [0.25, 0.3) is 0 Å². The Morgan fingerprint density at radius 1 is 1.40 bits per heavy atom. The molecule has 0 bridgehead atoms. The van der Waals surface area contributed by atoms with E-state index < -0.39 is 6.09 Å². The van der Waals surface area contributed by atoms with Gasteiger partial charge in [-0.05, 0) is 24.5 Å². The van der Waals surface area contributed by atoms with Crippen molar-refractivity contribution in [3.05, 3.63) is 29.8 Å². The van der Waals surface area contributed by atoms with E-state index in [1.807, 2.05) is 45.0 Å². The molecule has 3 nitrogen and oxygen atoms in total. The Kier molecular flexibility index (Phi) is 4.16. The highest BCUT2D eigenvalue weighted by atomic mass is 16.5. The second-order valence-corrected chi connectivity index (χ2v) is 3.93. The highest BCUT2D eigenvalue weighted by Crippen LogP contribution is 2.13. The number of aryl methyl sites for hydroxylation is 1. The number of rotatable bonds is 3. The van der Waals surface area contributed by atoms with E-state index in [1.165, 1.54) is 0 Å². The zero-order valence-corrected chi connectivity index (χ0v) is 9.41. The molecule has 1 rings (SSSR count). The normalized spacial score (nSPS) is 10.1. The molecule has 15 heavy (non-hydrogen) atoms. The van der Waals surface area contributed by atoms with Gasteiger partial charge in [0.15, 0.2) is 0 Å². The maximum Gasteiger partial charge on any atom is 0.411 e. The molecule has 1 N–H and O–H groups in total. The van der Waals surface area contributed by atoms with E-state index in [1.54, 1.807) is 0 Å². The van der Waals surface area contributed by atoms with Crippen molar-refractivity contribution < 1.29 is 9.53 Å². The number of hydrogen-bond donors (Lipinski definition) is 1. The number of hydrogen-bond acceptors (Lipinski definition) is 2. The fourth-order valence-corrected chi connectivity index (χ4v) is 1.10. The highest BCUT2D eigenvalue weighted by molar-refractivity contribution is 5.85. The van der Waals surface area contributed by atoms with Crippen molar-refractivity contribution in [2.75, 3.05) is 11.9 Å². The molecule has 0 fully saturated rings. The lowest BCUT2D eigenvalue weighted by Crippen LogP contribution is -2.17. The van der Waals surface area contributed by atoms with Crippen LogP contribution in [0.15, 0.2) is 24.3 Å². The Bertz CT molecular complexity index is 334. The molecule has 0 saturated carbocycles. The van der Waals surface area contributed by atoms with Gasteiger partial charge in [-0.2, -0.15) is 0 Å². The van der Waals surface area contributed by atoms with Crippen molar-refractivity contribution in [3.63, 3.8) is 0 Å². The molecule has 0 spiro atoms. The topological polar surface area (TPSA) is 38.3 Å². The number of benzene rings is 1. The number of ether oxygens (including phenoxy) is 1. The van der Waals surface area contributed by atoms with Crippen molar-refractivity contribution in [2.45, 2.75) is 20.8 Å². The summed E-state index contributed by atoms with van der Waals surface area (Å²) in [5.41, 5.74) is 1.82. The number of amides is 1. The quantitative estimate of drug-likeness (QED) is 0.826. The van der Waals surface area contributed by atoms with E-state index in [4.69, 9.17) is 4.74 Å². The van der Waals surface area contributed by atoms with E-state index in [2.05, 4.69) is 5.32 Å². The van der Waals surface area contributed by atoms with Crippen molar-refractivity contribution >= 4 is 11.8 Å². The van der Waals surface area contributed by atoms with Gasteiger partial charge < -0.3 is 4.74 Å². The summed E-state index contributed by atoms with van der Waals surface area (Å²) < 4.78 is 5.01. The first-order chi connectivity index (χ1) is 7.09. The van der Waals surface area contributed by atoms with Gasteiger partial charge in [0.05, 0.1) is 6.61 Å². The predicted octanol–water partition coefficient (Wildman–Crippen LogP) is 3.20. The van der Waals surface area contributed by atoms with Crippen molar-refractivity contribution in [1.29, 1.82) is 0 Å². The molecule has 0 aliphatic heterocycles. The van der Waals surface area contributed by atoms with E-state index in [9.17, 15) is 4.79 Å². The van der Waals surface area contributed by atoms with Gasteiger partial charge in [0, 0.05) is 5.69 Å². The second-order valence-electron chi connectivity index (χ2n) is 3.93. The molecule has 1 amide bonds. The van der Waals surface area contributed by atoms with Gasteiger partial charge in [0.2, 0.25) is 0 Å². The van der Waals surface area contributed by atoms with Crippen LogP contribution < -0.4 is 5.32 Å². The molecule has 0 aliphatic carbocycles. The molecule has 1 aromatic rings. The summed E-state index contributed by atoms with van der Waals surface area (Å²) in [6.45, 7) is 6.39. The Morgan fingerprint density at radius 3 is 2.67 bits per heavy atom. The highest BCUT2D eigenvalue weighted by Gasteiger charge is 2.05. The molecule has 3 heteroatoms. The van der Waals surface area contributed by atoms with Gasteiger partial charge in [-0.25, -0.2) is 4.79 Å². The third kappa shape index (κ3) is 4.02. The summed E-state index contributed by atoms with van der Waals surface area (Å²) in [7, 11) is 0. The first-order valence-corrected chi connectivity index (χ1v) is 5.09. The van der Waals surface area contributed by atoms with E-state index in [-0.39, 0.29) is 0 Å². The lowest BCUT2D eigenvalue weighted by atomic mass is 10.2. The average molecular weight is 207 g/mol. The third-order valence-electron chi connectivity index (χ3n) is 1.93. The Morgan fingerprint density at radius 2 is 2.07 bits per heavy atom. The number of para-hydroxylation sites is 1. The van der Waals surface area contributed by atoms with Gasteiger partial charge in [-0.15, -0.1) is 0 Å². The van der Waals surface area contributed by atoms with E-state index in [0.29, 0.717) is 12.5 Å². The SMILES string of the molecule is Cc1ccccc1NC(=O)OCC(C)C. The molecule has 0 heterocycles. The molecule has 0 aromatic heterocycles. The number of anilines is 1.